The molecule has 6 rings (SSSR count). The average Bonchev–Trinajstić information content (AvgIpc) is 3.52. The van der Waals surface area contributed by atoms with Gasteiger partial charge < -0.3 is 25.1 Å². The molecule has 1 fully saturated rings. The highest BCUT2D eigenvalue weighted by atomic mass is 16.6. The van der Waals surface area contributed by atoms with E-state index in [1.165, 1.54) is 24.7 Å². The van der Waals surface area contributed by atoms with Crippen LogP contribution in [0.1, 0.15) is 6.92 Å². The molecular weight excluding hydrogens is 484 g/mol. The summed E-state index contributed by atoms with van der Waals surface area (Å²) in [7, 11) is 2.15. The van der Waals surface area contributed by atoms with Gasteiger partial charge in [0.15, 0.2) is 0 Å². The second kappa shape index (κ2) is 9.27. The third-order valence-corrected chi connectivity index (χ3v) is 6.87. The summed E-state index contributed by atoms with van der Waals surface area (Å²) in [5.41, 5.74) is 5.94. The number of fused-ring (bicyclic) bond motifs is 2. The van der Waals surface area contributed by atoms with Crippen molar-refractivity contribution in [2.45, 2.75) is 6.92 Å². The molecule has 11 heteroatoms. The number of nitrogens with zero attached hydrogens (tertiary/aromatic N) is 5. The van der Waals surface area contributed by atoms with Crippen LogP contribution in [0.4, 0.5) is 17.1 Å². The number of hydrogen-bond acceptors (Lipinski definition) is 7. The first-order valence-electron chi connectivity index (χ1n) is 12.3. The number of rotatable bonds is 5. The number of benzene rings is 3. The molecule has 0 aliphatic carbocycles. The van der Waals surface area contributed by atoms with Gasteiger partial charge in [-0.2, -0.15) is 0 Å². The largest absolute Gasteiger partial charge is 0.369 e. The highest BCUT2D eigenvalue weighted by molar-refractivity contribution is 5.92. The summed E-state index contributed by atoms with van der Waals surface area (Å²) >= 11 is 0. The minimum Gasteiger partial charge on any atom is -0.369 e. The Morgan fingerprint density at radius 1 is 0.895 bits per heavy atom. The number of H-pyrrole nitrogens is 2. The summed E-state index contributed by atoms with van der Waals surface area (Å²) in [4.78, 5) is 43.3. The number of likely N-dealkylation sites (N-methyl/N-ethyl adjacent to an activating group) is 1. The monoisotopic (exact) mass is 510 g/mol. The summed E-state index contributed by atoms with van der Waals surface area (Å²) in [5, 5.41) is 14.1. The maximum absolute atomic E-state index is 11.6. The van der Waals surface area contributed by atoms with E-state index in [1.807, 2.05) is 18.2 Å². The van der Waals surface area contributed by atoms with Gasteiger partial charge in [0.05, 0.1) is 27.0 Å². The van der Waals surface area contributed by atoms with Gasteiger partial charge in [0.2, 0.25) is 5.91 Å². The highest BCUT2D eigenvalue weighted by Crippen LogP contribution is 2.32. The van der Waals surface area contributed by atoms with Crippen molar-refractivity contribution in [1.82, 2.24) is 24.8 Å². The summed E-state index contributed by atoms with van der Waals surface area (Å²) in [5.74, 6) is 0.867. The van der Waals surface area contributed by atoms with Crippen LogP contribution in [-0.4, -0.2) is 68.9 Å². The molecule has 1 saturated heterocycles. The Kier molecular flexibility index (Phi) is 5.76. The lowest BCUT2D eigenvalue weighted by Gasteiger charge is -2.34. The quantitative estimate of drug-likeness (QED) is 0.236. The third-order valence-electron chi connectivity index (χ3n) is 6.87. The minimum absolute atomic E-state index is 0.144. The Labute approximate surface area is 217 Å². The van der Waals surface area contributed by atoms with Crippen LogP contribution in [0.5, 0.6) is 0 Å². The Morgan fingerprint density at radius 2 is 1.50 bits per heavy atom. The second-order valence-corrected chi connectivity index (χ2v) is 9.56. The van der Waals surface area contributed by atoms with E-state index < -0.39 is 4.92 Å². The summed E-state index contributed by atoms with van der Waals surface area (Å²) in [6.07, 6.45) is 0. The van der Waals surface area contributed by atoms with Crippen LogP contribution >= 0.6 is 0 Å². The van der Waals surface area contributed by atoms with Crippen LogP contribution in [-0.2, 0) is 4.79 Å². The number of imidazole rings is 2. The fourth-order valence-corrected chi connectivity index (χ4v) is 4.81. The van der Waals surface area contributed by atoms with E-state index in [2.05, 4.69) is 55.3 Å². The van der Waals surface area contributed by atoms with Gasteiger partial charge in [0.1, 0.15) is 17.3 Å². The van der Waals surface area contributed by atoms with Gasteiger partial charge in [-0.15, -0.1) is 0 Å². The molecule has 3 heterocycles. The van der Waals surface area contributed by atoms with Gasteiger partial charge in [0, 0.05) is 56.0 Å². The smallest absolute Gasteiger partial charge is 0.293 e. The van der Waals surface area contributed by atoms with Gasteiger partial charge >= 0.3 is 0 Å². The zero-order valence-corrected chi connectivity index (χ0v) is 21.0. The molecule has 1 aliphatic heterocycles. The molecule has 0 unspecified atom stereocenters. The predicted molar refractivity (Wildman–Crippen MR) is 147 cm³/mol. The van der Waals surface area contributed by atoms with E-state index in [-0.39, 0.29) is 17.3 Å². The van der Waals surface area contributed by atoms with Crippen molar-refractivity contribution in [2.24, 2.45) is 0 Å². The average molecular weight is 511 g/mol. The maximum Gasteiger partial charge on any atom is 0.293 e. The van der Waals surface area contributed by atoms with E-state index in [9.17, 15) is 14.9 Å². The predicted octanol–water partition coefficient (Wildman–Crippen LogP) is 4.39. The molecule has 0 atom stereocenters. The first kappa shape index (κ1) is 23.6. The van der Waals surface area contributed by atoms with Gasteiger partial charge in [-0.1, -0.05) is 0 Å². The number of carbonyl (C=O) groups excluding carboxylic acids is 1. The number of piperazine rings is 1. The van der Waals surface area contributed by atoms with E-state index in [0.717, 1.165) is 54.1 Å². The molecule has 1 aliphatic rings. The molecule has 11 nitrogen and oxygen atoms in total. The van der Waals surface area contributed by atoms with Crippen molar-refractivity contribution in [2.75, 3.05) is 43.4 Å². The SMILES string of the molecule is CC(=O)Nc1ccc(-c2nc3cc(-c4nc5cc(N6CCN(C)CC6)ccc5[nH]4)ccc3[nH]2)cc1[N+](=O)[O-]. The third kappa shape index (κ3) is 4.43. The number of nitrogens with one attached hydrogen (secondary N) is 3. The van der Waals surface area contributed by atoms with E-state index in [1.54, 1.807) is 6.07 Å². The zero-order chi connectivity index (χ0) is 26.4. The molecule has 0 radical (unpaired) electrons. The molecule has 5 aromatic rings. The minimum atomic E-state index is -0.522. The van der Waals surface area contributed by atoms with Crippen LogP contribution in [0.25, 0.3) is 44.8 Å². The fraction of sp³-hybridized carbons (Fsp3) is 0.222. The van der Waals surface area contributed by atoms with Crippen molar-refractivity contribution in [3.63, 3.8) is 0 Å². The van der Waals surface area contributed by atoms with E-state index in [0.29, 0.717) is 16.9 Å². The van der Waals surface area contributed by atoms with Crippen molar-refractivity contribution < 1.29 is 9.72 Å². The number of nitro benzene ring substituents is 1. The molecule has 3 aromatic carbocycles. The first-order valence-corrected chi connectivity index (χ1v) is 12.3. The summed E-state index contributed by atoms with van der Waals surface area (Å²) in [6, 6.07) is 16.8. The summed E-state index contributed by atoms with van der Waals surface area (Å²) in [6.45, 7) is 5.39. The van der Waals surface area contributed by atoms with Gasteiger partial charge in [-0.25, -0.2) is 9.97 Å². The second-order valence-electron chi connectivity index (χ2n) is 9.56. The topological polar surface area (TPSA) is 136 Å². The maximum atomic E-state index is 11.6. The number of amides is 1. The molecular formula is C27H26N8O3. The highest BCUT2D eigenvalue weighted by Gasteiger charge is 2.19. The van der Waals surface area contributed by atoms with Crippen LogP contribution in [0.2, 0.25) is 0 Å². The Bertz CT molecular complexity index is 1700. The molecule has 2 aromatic heterocycles. The number of nitro groups is 1. The molecule has 192 valence electrons. The number of hydrogen-bond donors (Lipinski definition) is 3. The molecule has 0 spiro atoms. The molecule has 1 amide bonds. The lowest BCUT2D eigenvalue weighted by molar-refractivity contribution is -0.383. The molecule has 38 heavy (non-hydrogen) atoms. The number of anilines is 2. The fourth-order valence-electron chi connectivity index (χ4n) is 4.81. The Morgan fingerprint density at radius 3 is 2.16 bits per heavy atom. The number of carbonyl (C=O) groups is 1. The van der Waals surface area contributed by atoms with E-state index >= 15 is 0 Å². The number of aromatic amines is 2. The Balaban J connectivity index is 1.31. The van der Waals surface area contributed by atoms with Crippen LogP contribution < -0.4 is 10.2 Å². The first-order chi connectivity index (χ1) is 18.3. The lowest BCUT2D eigenvalue weighted by atomic mass is 10.1. The Hall–Kier alpha value is -4.77. The summed E-state index contributed by atoms with van der Waals surface area (Å²) < 4.78 is 0. The molecule has 0 bridgehead atoms. The normalized spacial score (nSPS) is 14.3. The zero-order valence-electron chi connectivity index (χ0n) is 21.0. The van der Waals surface area contributed by atoms with Crippen molar-refractivity contribution in [1.29, 1.82) is 0 Å². The van der Waals surface area contributed by atoms with Gasteiger partial charge in [0.25, 0.3) is 5.69 Å². The molecule has 3 N–H and O–H groups in total. The van der Waals surface area contributed by atoms with Gasteiger partial charge in [-0.3, -0.25) is 14.9 Å². The standard InChI is InChI=1S/C27H26N8O3/c1-16(36)28-22-7-4-18(14-25(22)35(37)38)27-29-20-6-3-17(13-23(20)31-27)26-30-21-8-5-19(15-24(21)32-26)34-11-9-33(2)10-12-34/h3-8,13-15H,9-12H2,1-2H3,(H,28,36)(H,29,31)(H,30,32). The molecule has 0 saturated carbocycles. The van der Waals surface area contributed by atoms with Crippen molar-refractivity contribution >= 4 is 45.0 Å². The van der Waals surface area contributed by atoms with Crippen LogP contribution in [0, 0.1) is 10.1 Å². The van der Waals surface area contributed by atoms with E-state index in [4.69, 9.17) is 4.98 Å². The van der Waals surface area contributed by atoms with Crippen LogP contribution in [0.3, 0.4) is 0 Å². The lowest BCUT2D eigenvalue weighted by Crippen LogP contribution is -2.44. The van der Waals surface area contributed by atoms with Gasteiger partial charge in [-0.05, 0) is 55.6 Å². The van der Waals surface area contributed by atoms with Crippen LogP contribution in [0.15, 0.2) is 54.6 Å². The van der Waals surface area contributed by atoms with Crippen molar-refractivity contribution in [3.8, 4) is 22.8 Å². The number of aromatic nitrogens is 4. The van der Waals surface area contributed by atoms with Crippen molar-refractivity contribution in [3.05, 3.63) is 64.7 Å².